The molecule has 0 saturated heterocycles. The van der Waals surface area contributed by atoms with E-state index in [1.54, 1.807) is 0 Å². The average molecular weight is 437 g/mol. The van der Waals surface area contributed by atoms with E-state index in [-0.39, 0.29) is 0 Å². The molecule has 0 aliphatic carbocycles. The van der Waals surface area contributed by atoms with Gasteiger partial charge in [0.25, 0.3) is 0 Å². The molecule has 0 fully saturated rings. The lowest BCUT2D eigenvalue weighted by Gasteiger charge is -2.50. The summed E-state index contributed by atoms with van der Waals surface area (Å²) in [5.74, 6) is 5.54. The molecule has 0 aromatic rings. The van der Waals surface area contributed by atoms with E-state index in [9.17, 15) is 0 Å². The molecule has 0 nitrogen and oxygen atoms in total. The Hall–Kier alpha value is 0. The van der Waals surface area contributed by atoms with Gasteiger partial charge >= 0.3 is 0 Å². The van der Waals surface area contributed by atoms with Crippen LogP contribution in [0.15, 0.2) is 0 Å². The lowest BCUT2D eigenvalue weighted by atomic mass is 9.55. The van der Waals surface area contributed by atoms with Crippen molar-refractivity contribution in [3.8, 4) is 0 Å². The summed E-state index contributed by atoms with van der Waals surface area (Å²) in [4.78, 5) is 0. The fraction of sp³-hybridized carbons (Fsp3) is 1.00. The van der Waals surface area contributed by atoms with Gasteiger partial charge in [0.15, 0.2) is 0 Å². The lowest BCUT2D eigenvalue weighted by molar-refractivity contribution is -0.0132. The third-order valence-corrected chi connectivity index (χ3v) is 11.1. The van der Waals surface area contributed by atoms with Gasteiger partial charge in [-0.2, -0.15) is 0 Å². The van der Waals surface area contributed by atoms with E-state index in [1.165, 1.54) is 38.5 Å². The zero-order valence-electron chi connectivity index (χ0n) is 24.8. The Bertz CT molecular complexity index is 478. The van der Waals surface area contributed by atoms with E-state index in [1.807, 2.05) is 0 Å². The van der Waals surface area contributed by atoms with Gasteiger partial charge < -0.3 is 0 Å². The first-order valence-electron chi connectivity index (χ1n) is 13.9. The second-order valence-corrected chi connectivity index (χ2v) is 14.2. The quantitative estimate of drug-likeness (QED) is 0.239. The fourth-order valence-corrected chi connectivity index (χ4v) is 5.15. The summed E-state index contributed by atoms with van der Waals surface area (Å²) in [5, 5.41) is 0. The van der Waals surface area contributed by atoms with Crippen molar-refractivity contribution in [1.82, 2.24) is 0 Å². The average Bonchev–Trinajstić information content (AvgIpc) is 2.66. The van der Waals surface area contributed by atoms with Crippen LogP contribution in [0.4, 0.5) is 0 Å². The van der Waals surface area contributed by atoms with E-state index >= 15 is 0 Å². The highest BCUT2D eigenvalue weighted by atomic mass is 14.5. The molecule has 0 aromatic carbocycles. The standard InChI is InChI=1S/C31H64/c1-22(2)16-18-25(6)29(10,11)26(7)20-21-28(9)31(14,15)30(12,13)27(8)19-17-24(5)23(3)4/h22-28H,16-21H2,1-15H3. The molecular formula is C31H64. The van der Waals surface area contributed by atoms with E-state index in [0.29, 0.717) is 16.2 Å². The molecule has 0 saturated carbocycles. The van der Waals surface area contributed by atoms with Crippen LogP contribution in [0, 0.1) is 57.7 Å². The molecule has 0 aromatic heterocycles. The van der Waals surface area contributed by atoms with Crippen LogP contribution in [0.25, 0.3) is 0 Å². The summed E-state index contributed by atoms with van der Waals surface area (Å²) in [5.41, 5.74) is 1.13. The maximum Gasteiger partial charge on any atom is -0.0275 e. The predicted octanol–water partition coefficient (Wildman–Crippen LogP) is 10.9. The molecule has 0 spiro atoms. The van der Waals surface area contributed by atoms with Crippen LogP contribution in [-0.2, 0) is 0 Å². The molecule has 0 aliphatic heterocycles. The van der Waals surface area contributed by atoms with Crippen molar-refractivity contribution in [2.24, 2.45) is 57.7 Å². The zero-order chi connectivity index (χ0) is 24.8. The Morgan fingerprint density at radius 3 is 1.10 bits per heavy atom. The third-order valence-electron chi connectivity index (χ3n) is 11.1. The molecule has 0 radical (unpaired) electrons. The molecule has 0 N–H and O–H groups in total. The second-order valence-electron chi connectivity index (χ2n) is 14.2. The van der Waals surface area contributed by atoms with Crippen LogP contribution in [0.1, 0.15) is 142 Å². The van der Waals surface area contributed by atoms with Crippen LogP contribution in [0.5, 0.6) is 0 Å². The molecule has 0 heterocycles. The lowest BCUT2D eigenvalue weighted by Crippen LogP contribution is -2.43. The Kier molecular flexibility index (Phi) is 12.5. The number of rotatable bonds is 15. The molecule has 0 bridgehead atoms. The highest BCUT2D eigenvalue weighted by molar-refractivity contribution is 4.93. The minimum atomic E-state index is 0.348. The first-order valence-corrected chi connectivity index (χ1v) is 13.9. The molecule has 0 aliphatic rings. The normalized spacial score (nSPS) is 18.9. The van der Waals surface area contributed by atoms with E-state index in [0.717, 1.165) is 41.4 Å². The van der Waals surface area contributed by atoms with Crippen molar-refractivity contribution in [3.05, 3.63) is 0 Å². The Labute approximate surface area is 200 Å². The minimum Gasteiger partial charge on any atom is -0.0628 e. The summed E-state index contributed by atoms with van der Waals surface area (Å²) in [6.45, 7) is 37.2. The van der Waals surface area contributed by atoms with Gasteiger partial charge in [-0.05, 0) is 83.4 Å². The van der Waals surface area contributed by atoms with Crippen molar-refractivity contribution < 1.29 is 0 Å². The Morgan fingerprint density at radius 1 is 0.419 bits per heavy atom. The molecule has 5 unspecified atom stereocenters. The van der Waals surface area contributed by atoms with Crippen LogP contribution < -0.4 is 0 Å². The third kappa shape index (κ3) is 8.70. The van der Waals surface area contributed by atoms with Gasteiger partial charge in [0.05, 0.1) is 0 Å². The zero-order valence-corrected chi connectivity index (χ0v) is 24.8. The molecule has 31 heavy (non-hydrogen) atoms. The number of hydrogen-bond acceptors (Lipinski definition) is 0. The topological polar surface area (TPSA) is 0 Å². The summed E-state index contributed by atoms with van der Waals surface area (Å²) in [6, 6.07) is 0. The fourth-order valence-electron chi connectivity index (χ4n) is 5.15. The predicted molar refractivity (Wildman–Crippen MR) is 145 cm³/mol. The maximum absolute atomic E-state index is 2.56. The molecular weight excluding hydrogens is 372 g/mol. The maximum atomic E-state index is 2.56. The van der Waals surface area contributed by atoms with Gasteiger partial charge in [0.1, 0.15) is 0 Å². The second kappa shape index (κ2) is 12.5. The van der Waals surface area contributed by atoms with Gasteiger partial charge in [-0.1, -0.05) is 117 Å². The van der Waals surface area contributed by atoms with Gasteiger partial charge in [-0.15, -0.1) is 0 Å². The van der Waals surface area contributed by atoms with Gasteiger partial charge in [0.2, 0.25) is 0 Å². The number of hydrogen-bond donors (Lipinski definition) is 0. The van der Waals surface area contributed by atoms with Crippen molar-refractivity contribution in [2.75, 3.05) is 0 Å². The van der Waals surface area contributed by atoms with Crippen LogP contribution in [0.3, 0.4) is 0 Å². The highest BCUT2D eigenvalue weighted by Crippen LogP contribution is 2.52. The summed E-state index contributed by atoms with van der Waals surface area (Å²) in [6.07, 6.45) is 8.18. The smallest absolute Gasteiger partial charge is 0.0275 e. The molecule has 0 rings (SSSR count). The largest absolute Gasteiger partial charge is 0.0628 e. The van der Waals surface area contributed by atoms with E-state index in [2.05, 4.69) is 104 Å². The Morgan fingerprint density at radius 2 is 0.742 bits per heavy atom. The van der Waals surface area contributed by atoms with Gasteiger partial charge in [-0.25, -0.2) is 0 Å². The first kappa shape index (κ1) is 31.0. The van der Waals surface area contributed by atoms with E-state index in [4.69, 9.17) is 0 Å². The highest BCUT2D eigenvalue weighted by Gasteiger charge is 2.44. The SMILES string of the molecule is CC(C)CCC(C)C(C)(C)C(C)CCC(C)C(C)(C)C(C)(C)C(C)CCC(C)C(C)C. The Balaban J connectivity index is 5.00. The van der Waals surface area contributed by atoms with Crippen molar-refractivity contribution >= 4 is 0 Å². The molecule has 0 amide bonds. The van der Waals surface area contributed by atoms with Gasteiger partial charge in [0, 0.05) is 0 Å². The molecule has 188 valence electrons. The van der Waals surface area contributed by atoms with Crippen molar-refractivity contribution in [1.29, 1.82) is 0 Å². The summed E-state index contributed by atoms with van der Waals surface area (Å²) < 4.78 is 0. The minimum absolute atomic E-state index is 0.348. The van der Waals surface area contributed by atoms with Gasteiger partial charge in [-0.3, -0.25) is 0 Å². The first-order chi connectivity index (χ1) is 13.9. The monoisotopic (exact) mass is 437 g/mol. The van der Waals surface area contributed by atoms with Crippen molar-refractivity contribution in [2.45, 2.75) is 142 Å². The van der Waals surface area contributed by atoms with Crippen LogP contribution in [-0.4, -0.2) is 0 Å². The summed E-state index contributed by atoms with van der Waals surface area (Å²) in [7, 11) is 0. The molecule has 0 heteroatoms. The summed E-state index contributed by atoms with van der Waals surface area (Å²) >= 11 is 0. The molecule has 5 atom stereocenters. The van der Waals surface area contributed by atoms with E-state index < -0.39 is 0 Å². The van der Waals surface area contributed by atoms with Crippen LogP contribution >= 0.6 is 0 Å². The van der Waals surface area contributed by atoms with Crippen LogP contribution in [0.2, 0.25) is 0 Å². The van der Waals surface area contributed by atoms with Crippen molar-refractivity contribution in [3.63, 3.8) is 0 Å².